The number of hydrogen-bond donors (Lipinski definition) is 0. The second-order valence-corrected chi connectivity index (χ2v) is 9.32. The van der Waals surface area contributed by atoms with Crippen LogP contribution in [0.1, 0.15) is 55.7 Å². The van der Waals surface area contributed by atoms with Gasteiger partial charge in [-0.2, -0.15) is 0 Å². The molecule has 3 atom stereocenters. The molecule has 3 aliphatic heterocycles. The number of aryl methyl sites for hydroxylation is 1. The maximum absolute atomic E-state index is 12.7. The molecule has 5 rings (SSSR count). The molecule has 0 aromatic heterocycles. The molecule has 6 nitrogen and oxygen atoms in total. The summed E-state index contributed by atoms with van der Waals surface area (Å²) in [6.45, 7) is 1.06. The van der Waals surface area contributed by atoms with Gasteiger partial charge >= 0.3 is 5.97 Å². The van der Waals surface area contributed by atoms with Crippen LogP contribution in [0.5, 0.6) is 17.2 Å². The summed E-state index contributed by atoms with van der Waals surface area (Å²) in [5.74, 6) is 2.12. The zero-order chi connectivity index (χ0) is 22.9. The maximum Gasteiger partial charge on any atom is 0.306 e. The number of piperidine rings is 2. The molecule has 0 spiro atoms. The standard InChI is InChI=1S/C27H33NO5/c1-30-24-9-7-17-8-10-27(29)33-19-13-18-6-4-5-11-28(18)23(14-19)21-16-26(32-3)25(31-2)15-20(21)22(24)12-17/h7,9,12,15-16,18-19,23H,4-6,8,10-11,13-14H2,1-3H3/t18-,19-,23-/m0/s1. The molecule has 176 valence electrons. The van der Waals surface area contributed by atoms with Gasteiger partial charge in [-0.1, -0.05) is 12.5 Å². The molecule has 2 aromatic rings. The third kappa shape index (κ3) is 4.17. The number of carbonyl (C=O) groups is 1. The van der Waals surface area contributed by atoms with Gasteiger partial charge in [0.05, 0.1) is 21.3 Å². The zero-order valence-corrected chi connectivity index (χ0v) is 19.8. The fourth-order valence-electron chi connectivity index (χ4n) is 5.89. The van der Waals surface area contributed by atoms with Crippen LogP contribution >= 0.6 is 0 Å². The number of rotatable bonds is 3. The van der Waals surface area contributed by atoms with Crippen LogP contribution in [0.15, 0.2) is 30.3 Å². The predicted molar refractivity (Wildman–Crippen MR) is 126 cm³/mol. The van der Waals surface area contributed by atoms with Crippen LogP contribution < -0.4 is 14.2 Å². The Morgan fingerprint density at radius 3 is 2.45 bits per heavy atom. The summed E-state index contributed by atoms with van der Waals surface area (Å²) in [7, 11) is 5.05. The van der Waals surface area contributed by atoms with Gasteiger partial charge in [0.2, 0.25) is 0 Å². The highest BCUT2D eigenvalue weighted by molar-refractivity contribution is 5.78. The summed E-state index contributed by atoms with van der Waals surface area (Å²) in [6.07, 6.45) is 6.23. The molecule has 0 aliphatic carbocycles. The number of hydrogen-bond acceptors (Lipinski definition) is 6. The minimum atomic E-state index is -0.103. The highest BCUT2D eigenvalue weighted by atomic mass is 16.5. The molecular formula is C27H33NO5. The van der Waals surface area contributed by atoms with Crippen molar-refractivity contribution >= 4 is 5.97 Å². The highest BCUT2D eigenvalue weighted by Crippen LogP contribution is 2.48. The van der Waals surface area contributed by atoms with Crippen LogP contribution in [0.2, 0.25) is 0 Å². The molecule has 0 N–H and O–H groups in total. The first-order chi connectivity index (χ1) is 16.1. The van der Waals surface area contributed by atoms with Gasteiger partial charge < -0.3 is 18.9 Å². The summed E-state index contributed by atoms with van der Waals surface area (Å²) in [4.78, 5) is 15.3. The van der Waals surface area contributed by atoms with Crippen molar-refractivity contribution in [3.05, 3.63) is 41.5 Å². The summed E-state index contributed by atoms with van der Waals surface area (Å²) in [5.41, 5.74) is 4.38. The lowest BCUT2D eigenvalue weighted by Gasteiger charge is -2.48. The predicted octanol–water partition coefficient (Wildman–Crippen LogP) is 4.93. The van der Waals surface area contributed by atoms with E-state index in [1.165, 1.54) is 18.4 Å². The van der Waals surface area contributed by atoms with Gasteiger partial charge in [-0.3, -0.25) is 9.69 Å². The molecule has 2 aromatic carbocycles. The van der Waals surface area contributed by atoms with Gasteiger partial charge in [0, 0.05) is 36.9 Å². The fourth-order valence-corrected chi connectivity index (χ4v) is 5.89. The first-order valence-electron chi connectivity index (χ1n) is 12.0. The number of carbonyl (C=O) groups excluding carboxylic acids is 1. The van der Waals surface area contributed by atoms with Crippen LogP contribution in [-0.4, -0.2) is 50.9 Å². The molecule has 6 heteroatoms. The Kier molecular flexibility index (Phi) is 6.19. The molecular weight excluding hydrogens is 418 g/mol. The Morgan fingerprint density at radius 2 is 1.67 bits per heavy atom. The molecule has 3 aliphatic rings. The second-order valence-electron chi connectivity index (χ2n) is 9.32. The third-order valence-electron chi connectivity index (χ3n) is 7.48. The Morgan fingerprint density at radius 1 is 0.879 bits per heavy atom. The normalized spacial score (nSPS) is 24.9. The van der Waals surface area contributed by atoms with Crippen molar-refractivity contribution < 1.29 is 23.7 Å². The lowest BCUT2D eigenvalue weighted by Crippen LogP contribution is -2.49. The van der Waals surface area contributed by atoms with Crippen molar-refractivity contribution in [3.63, 3.8) is 0 Å². The largest absolute Gasteiger partial charge is 0.496 e. The number of nitrogens with zero attached hydrogens (tertiary/aromatic N) is 1. The molecule has 0 saturated carbocycles. The quantitative estimate of drug-likeness (QED) is 0.617. The first-order valence-corrected chi connectivity index (χ1v) is 12.0. The van der Waals surface area contributed by atoms with E-state index in [9.17, 15) is 4.79 Å². The SMILES string of the molecule is COc1cc2c(cc1OC)[C@@H]1C[C@H](C[C@@H]3CCCCN31)OC(=O)CCc1ccc(OC)c-2c1. The van der Waals surface area contributed by atoms with Crippen LogP contribution in [0.4, 0.5) is 0 Å². The van der Waals surface area contributed by atoms with Gasteiger partial charge in [-0.25, -0.2) is 0 Å². The Hall–Kier alpha value is -2.73. The molecule has 0 radical (unpaired) electrons. The molecule has 2 fully saturated rings. The Bertz CT molecular complexity index is 1040. The highest BCUT2D eigenvalue weighted by Gasteiger charge is 2.40. The second kappa shape index (κ2) is 9.26. The first kappa shape index (κ1) is 22.1. The van der Waals surface area contributed by atoms with Crippen molar-refractivity contribution in [2.75, 3.05) is 27.9 Å². The number of esters is 1. The monoisotopic (exact) mass is 451 g/mol. The van der Waals surface area contributed by atoms with Crippen molar-refractivity contribution in [1.29, 1.82) is 0 Å². The van der Waals surface area contributed by atoms with Crippen molar-refractivity contribution in [1.82, 2.24) is 4.90 Å². The fraction of sp³-hybridized carbons (Fsp3) is 0.519. The maximum atomic E-state index is 12.7. The van der Waals surface area contributed by atoms with Gasteiger partial charge in [0.15, 0.2) is 11.5 Å². The van der Waals surface area contributed by atoms with E-state index in [-0.39, 0.29) is 18.1 Å². The van der Waals surface area contributed by atoms with Crippen LogP contribution in [-0.2, 0) is 16.0 Å². The van der Waals surface area contributed by atoms with E-state index in [0.29, 0.717) is 30.4 Å². The molecule has 4 bridgehead atoms. The minimum Gasteiger partial charge on any atom is -0.496 e. The van der Waals surface area contributed by atoms with Crippen LogP contribution in [0, 0.1) is 0 Å². The summed E-state index contributed by atoms with van der Waals surface area (Å²) < 4.78 is 23.2. The molecule has 3 heterocycles. The Labute approximate surface area is 195 Å². The van der Waals surface area contributed by atoms with Crippen LogP contribution in [0.3, 0.4) is 0 Å². The van der Waals surface area contributed by atoms with E-state index < -0.39 is 0 Å². The van der Waals surface area contributed by atoms with Crippen molar-refractivity contribution in [2.24, 2.45) is 0 Å². The summed E-state index contributed by atoms with van der Waals surface area (Å²) in [5, 5.41) is 0. The van der Waals surface area contributed by atoms with E-state index in [2.05, 4.69) is 23.1 Å². The van der Waals surface area contributed by atoms with Gasteiger partial charge in [0.1, 0.15) is 11.9 Å². The van der Waals surface area contributed by atoms with Crippen LogP contribution in [0.25, 0.3) is 11.1 Å². The Balaban J connectivity index is 1.75. The lowest BCUT2D eigenvalue weighted by molar-refractivity contribution is -0.154. The van der Waals surface area contributed by atoms with E-state index in [4.69, 9.17) is 18.9 Å². The summed E-state index contributed by atoms with van der Waals surface area (Å²) in [6, 6.07) is 10.9. The molecule has 0 amide bonds. The zero-order valence-electron chi connectivity index (χ0n) is 19.8. The van der Waals surface area contributed by atoms with Crippen molar-refractivity contribution in [2.45, 2.75) is 63.1 Å². The third-order valence-corrected chi connectivity index (χ3v) is 7.48. The minimum absolute atomic E-state index is 0.0672. The molecule has 2 saturated heterocycles. The van der Waals surface area contributed by atoms with E-state index in [1.807, 2.05) is 12.1 Å². The topological polar surface area (TPSA) is 57.2 Å². The van der Waals surface area contributed by atoms with Gasteiger partial charge in [-0.05, 0) is 66.8 Å². The number of methoxy groups -OCH3 is 3. The molecule has 33 heavy (non-hydrogen) atoms. The average Bonchev–Trinajstić information content (AvgIpc) is 2.85. The number of benzene rings is 2. The van der Waals surface area contributed by atoms with Crippen molar-refractivity contribution in [3.8, 4) is 28.4 Å². The number of ether oxygens (including phenoxy) is 4. The van der Waals surface area contributed by atoms with Gasteiger partial charge in [-0.15, -0.1) is 0 Å². The van der Waals surface area contributed by atoms with E-state index >= 15 is 0 Å². The van der Waals surface area contributed by atoms with Gasteiger partial charge in [0.25, 0.3) is 0 Å². The summed E-state index contributed by atoms with van der Waals surface area (Å²) >= 11 is 0. The smallest absolute Gasteiger partial charge is 0.306 e. The molecule has 0 unspecified atom stereocenters. The van der Waals surface area contributed by atoms with E-state index in [1.54, 1.807) is 21.3 Å². The number of fused-ring (bicyclic) bond motifs is 9. The van der Waals surface area contributed by atoms with E-state index in [0.717, 1.165) is 48.2 Å². The average molecular weight is 452 g/mol. The lowest BCUT2D eigenvalue weighted by atomic mass is 9.81.